The molecule has 13 heavy (non-hydrogen) atoms. The maximum atomic E-state index is 11.5. The standard InChI is InChI=1S/C9H5ClOS2/c10-5-2-1-3-7-9(5)6(11)4-8(12)13-7/h1-4,12H. The maximum absolute atomic E-state index is 11.5. The predicted molar refractivity (Wildman–Crippen MR) is 60.4 cm³/mol. The van der Waals surface area contributed by atoms with Crippen LogP contribution in [-0.2, 0) is 0 Å². The van der Waals surface area contributed by atoms with E-state index in [0.29, 0.717) is 14.6 Å². The van der Waals surface area contributed by atoms with E-state index in [1.165, 1.54) is 17.4 Å². The highest BCUT2D eigenvalue weighted by Crippen LogP contribution is 2.26. The average Bonchev–Trinajstić information content (AvgIpc) is 2.02. The Morgan fingerprint density at radius 2 is 2.15 bits per heavy atom. The molecule has 1 aromatic heterocycles. The molecule has 1 heterocycles. The number of fused-ring (bicyclic) bond motifs is 1. The third-order valence-corrected chi connectivity index (χ3v) is 3.30. The molecule has 2 rings (SSSR count). The van der Waals surface area contributed by atoms with Gasteiger partial charge >= 0.3 is 0 Å². The third-order valence-electron chi connectivity index (χ3n) is 1.69. The molecule has 0 saturated carbocycles. The summed E-state index contributed by atoms with van der Waals surface area (Å²) in [5, 5.41) is 1.10. The van der Waals surface area contributed by atoms with Crippen LogP contribution in [0.5, 0.6) is 0 Å². The molecular formula is C9H5ClOS2. The molecule has 0 bridgehead atoms. The van der Waals surface area contributed by atoms with E-state index in [1.54, 1.807) is 6.07 Å². The van der Waals surface area contributed by atoms with Crippen molar-refractivity contribution in [3.8, 4) is 0 Å². The summed E-state index contributed by atoms with van der Waals surface area (Å²) in [5.41, 5.74) is -0.0654. The lowest BCUT2D eigenvalue weighted by Gasteiger charge is -1.98. The van der Waals surface area contributed by atoms with E-state index in [1.807, 2.05) is 12.1 Å². The summed E-state index contributed by atoms with van der Waals surface area (Å²) >= 11 is 11.5. The summed E-state index contributed by atoms with van der Waals surface area (Å²) in [6.45, 7) is 0. The van der Waals surface area contributed by atoms with Crippen molar-refractivity contribution in [1.82, 2.24) is 0 Å². The first-order valence-corrected chi connectivity index (χ1v) is 5.24. The van der Waals surface area contributed by atoms with Gasteiger partial charge in [-0.3, -0.25) is 4.79 Å². The van der Waals surface area contributed by atoms with Crippen LogP contribution in [0.2, 0.25) is 5.02 Å². The Bertz CT molecular complexity index is 518. The lowest BCUT2D eigenvalue weighted by Crippen LogP contribution is -1.98. The Balaban J connectivity index is 3.03. The van der Waals surface area contributed by atoms with E-state index in [9.17, 15) is 4.79 Å². The molecule has 0 unspecified atom stereocenters. The lowest BCUT2D eigenvalue weighted by atomic mass is 10.2. The van der Waals surface area contributed by atoms with Gasteiger partial charge in [-0.05, 0) is 12.1 Å². The Hall–Kier alpha value is -0.510. The second-order valence-corrected chi connectivity index (χ2v) is 4.84. The van der Waals surface area contributed by atoms with Crippen LogP contribution in [0, 0.1) is 0 Å². The summed E-state index contributed by atoms with van der Waals surface area (Å²) in [5.74, 6) is 0. The largest absolute Gasteiger partial charge is 0.289 e. The minimum Gasteiger partial charge on any atom is -0.289 e. The number of halogens is 1. The van der Waals surface area contributed by atoms with Gasteiger partial charge in [-0.15, -0.1) is 24.0 Å². The highest BCUT2D eigenvalue weighted by molar-refractivity contribution is 7.83. The number of hydrogen-bond donors (Lipinski definition) is 1. The van der Waals surface area contributed by atoms with Crippen molar-refractivity contribution < 1.29 is 0 Å². The average molecular weight is 229 g/mol. The zero-order valence-corrected chi connectivity index (χ0v) is 8.92. The summed E-state index contributed by atoms with van der Waals surface area (Å²) in [6.07, 6.45) is 0. The summed E-state index contributed by atoms with van der Waals surface area (Å²) < 4.78 is 1.59. The van der Waals surface area contributed by atoms with Crippen molar-refractivity contribution in [3.05, 3.63) is 39.5 Å². The highest BCUT2D eigenvalue weighted by atomic mass is 35.5. The molecule has 0 aliphatic rings. The normalized spacial score (nSPS) is 10.6. The molecule has 0 N–H and O–H groups in total. The van der Waals surface area contributed by atoms with E-state index in [4.69, 9.17) is 11.6 Å². The molecular weight excluding hydrogens is 224 g/mol. The Kier molecular flexibility index (Phi) is 2.32. The van der Waals surface area contributed by atoms with Crippen molar-refractivity contribution in [3.63, 3.8) is 0 Å². The second kappa shape index (κ2) is 3.33. The SMILES string of the molecule is O=c1cc(S)sc2cccc(Cl)c12. The fourth-order valence-corrected chi connectivity index (χ4v) is 2.74. The van der Waals surface area contributed by atoms with E-state index < -0.39 is 0 Å². The van der Waals surface area contributed by atoms with Crippen LogP contribution in [0.1, 0.15) is 0 Å². The first-order chi connectivity index (χ1) is 6.18. The fraction of sp³-hybridized carbons (Fsp3) is 0. The van der Waals surface area contributed by atoms with Crippen LogP contribution in [0.4, 0.5) is 0 Å². The number of rotatable bonds is 0. The smallest absolute Gasteiger partial charge is 0.190 e. The van der Waals surface area contributed by atoms with Gasteiger partial charge in [0.2, 0.25) is 0 Å². The highest BCUT2D eigenvalue weighted by Gasteiger charge is 2.03. The summed E-state index contributed by atoms with van der Waals surface area (Å²) in [4.78, 5) is 11.5. The molecule has 1 aromatic carbocycles. The van der Waals surface area contributed by atoms with Crippen LogP contribution < -0.4 is 5.43 Å². The number of hydrogen-bond acceptors (Lipinski definition) is 3. The van der Waals surface area contributed by atoms with Crippen LogP contribution in [0.3, 0.4) is 0 Å². The Morgan fingerprint density at radius 3 is 2.92 bits per heavy atom. The van der Waals surface area contributed by atoms with Crippen molar-refractivity contribution >= 4 is 45.7 Å². The molecule has 2 aromatic rings. The van der Waals surface area contributed by atoms with Crippen molar-refractivity contribution in [2.24, 2.45) is 0 Å². The van der Waals surface area contributed by atoms with Crippen molar-refractivity contribution in [2.75, 3.05) is 0 Å². The van der Waals surface area contributed by atoms with Crippen molar-refractivity contribution in [1.29, 1.82) is 0 Å². The number of benzene rings is 1. The maximum Gasteiger partial charge on any atom is 0.190 e. The fourth-order valence-electron chi connectivity index (χ4n) is 1.15. The third kappa shape index (κ3) is 1.59. The first kappa shape index (κ1) is 9.06. The van der Waals surface area contributed by atoms with Gasteiger partial charge in [-0.25, -0.2) is 0 Å². The molecule has 0 radical (unpaired) electrons. The summed E-state index contributed by atoms with van der Waals surface area (Å²) in [6, 6.07) is 6.90. The van der Waals surface area contributed by atoms with Crippen LogP contribution in [0.25, 0.3) is 10.1 Å². The molecule has 66 valence electrons. The molecule has 1 nitrogen and oxygen atoms in total. The molecule has 0 fully saturated rings. The van der Waals surface area contributed by atoms with Crippen molar-refractivity contribution in [2.45, 2.75) is 4.21 Å². The minimum atomic E-state index is -0.0654. The topological polar surface area (TPSA) is 17.1 Å². The first-order valence-electron chi connectivity index (χ1n) is 3.60. The Labute approximate surface area is 89.4 Å². The molecule has 0 spiro atoms. The van der Waals surface area contributed by atoms with Gasteiger partial charge < -0.3 is 0 Å². The van der Waals surface area contributed by atoms with E-state index in [-0.39, 0.29) is 5.43 Å². The van der Waals surface area contributed by atoms with Gasteiger partial charge in [0, 0.05) is 10.8 Å². The second-order valence-electron chi connectivity index (χ2n) is 2.56. The zero-order valence-electron chi connectivity index (χ0n) is 6.45. The molecule has 4 heteroatoms. The minimum absolute atomic E-state index is 0.0654. The van der Waals surface area contributed by atoms with Crippen LogP contribution >= 0.6 is 35.6 Å². The van der Waals surface area contributed by atoms with Gasteiger partial charge in [0.05, 0.1) is 14.6 Å². The molecule has 0 aliphatic heterocycles. The molecule has 0 atom stereocenters. The van der Waals surface area contributed by atoms with Gasteiger partial charge in [0.25, 0.3) is 0 Å². The molecule has 0 saturated heterocycles. The van der Waals surface area contributed by atoms with Gasteiger partial charge in [-0.1, -0.05) is 17.7 Å². The predicted octanol–water partition coefficient (Wildman–Crippen LogP) is 3.20. The van der Waals surface area contributed by atoms with E-state index in [0.717, 1.165) is 4.70 Å². The lowest BCUT2D eigenvalue weighted by molar-refractivity contribution is 1.61. The van der Waals surface area contributed by atoms with Gasteiger partial charge in [-0.2, -0.15) is 0 Å². The zero-order chi connectivity index (χ0) is 9.42. The van der Waals surface area contributed by atoms with Crippen LogP contribution in [0.15, 0.2) is 33.3 Å². The van der Waals surface area contributed by atoms with Crippen LogP contribution in [-0.4, -0.2) is 0 Å². The quantitative estimate of drug-likeness (QED) is 0.686. The monoisotopic (exact) mass is 228 g/mol. The molecule has 0 aliphatic carbocycles. The van der Waals surface area contributed by atoms with Gasteiger partial charge in [0.15, 0.2) is 5.43 Å². The van der Waals surface area contributed by atoms with E-state index >= 15 is 0 Å². The Morgan fingerprint density at radius 1 is 1.38 bits per heavy atom. The summed E-state index contributed by atoms with van der Waals surface area (Å²) in [7, 11) is 0. The number of thiol groups is 1. The van der Waals surface area contributed by atoms with Gasteiger partial charge in [0.1, 0.15) is 0 Å². The molecule has 0 amide bonds. The van der Waals surface area contributed by atoms with E-state index in [2.05, 4.69) is 12.6 Å².